The summed E-state index contributed by atoms with van der Waals surface area (Å²) in [5, 5.41) is 12.6. The highest BCUT2D eigenvalue weighted by atomic mass is 32.2. The molecule has 2 aromatic rings. The van der Waals surface area contributed by atoms with Crippen LogP contribution in [0.5, 0.6) is 0 Å². The van der Waals surface area contributed by atoms with E-state index in [2.05, 4.69) is 5.16 Å². The highest BCUT2D eigenvalue weighted by molar-refractivity contribution is 7.92. The first-order chi connectivity index (χ1) is 11.4. The van der Waals surface area contributed by atoms with E-state index in [-0.39, 0.29) is 11.5 Å². The first-order valence-corrected chi connectivity index (χ1v) is 8.59. The molecule has 0 unspecified atom stereocenters. The molecule has 0 aromatic heterocycles. The van der Waals surface area contributed by atoms with Gasteiger partial charge in [-0.15, -0.1) is 0 Å². The third-order valence-electron chi connectivity index (χ3n) is 3.21. The highest BCUT2D eigenvalue weighted by Gasteiger charge is 2.36. The number of rotatable bonds is 7. The van der Waals surface area contributed by atoms with Gasteiger partial charge in [0.15, 0.2) is 0 Å². The topological polar surface area (TPSA) is 98.9 Å². The number of benzene rings is 2. The minimum absolute atomic E-state index is 0.0899. The third kappa shape index (κ3) is 4.39. The Bertz CT molecular complexity index is 817. The molecule has 0 heterocycles. The summed E-state index contributed by atoms with van der Waals surface area (Å²) < 4.78 is 24.6. The van der Waals surface area contributed by atoms with Crippen LogP contribution in [0.3, 0.4) is 0 Å². The number of hydrogen-bond acceptors (Lipinski definition) is 6. The number of oxime groups is 1. The van der Waals surface area contributed by atoms with Gasteiger partial charge in [-0.3, -0.25) is 10.1 Å². The van der Waals surface area contributed by atoms with Gasteiger partial charge in [-0.25, -0.2) is 8.42 Å². The SMILES string of the molecule is Cc1ccc(CO/N=C\[C@@H]([N+](=O)[O-])S(=O)(=O)c2ccccc2)cc1. The summed E-state index contributed by atoms with van der Waals surface area (Å²) in [6.45, 7) is 2.03. The summed E-state index contributed by atoms with van der Waals surface area (Å²) in [5.41, 5.74) is 1.91. The molecule has 0 spiro atoms. The molecule has 0 fully saturated rings. The van der Waals surface area contributed by atoms with Crippen molar-refractivity contribution < 1.29 is 18.2 Å². The van der Waals surface area contributed by atoms with Crippen molar-refractivity contribution in [1.29, 1.82) is 0 Å². The largest absolute Gasteiger partial charge is 0.391 e. The first kappa shape index (κ1) is 17.6. The van der Waals surface area contributed by atoms with E-state index in [0.717, 1.165) is 11.1 Å². The summed E-state index contributed by atoms with van der Waals surface area (Å²) in [6, 6.07) is 14.7. The van der Waals surface area contributed by atoms with Crippen molar-refractivity contribution in [3.05, 3.63) is 75.8 Å². The van der Waals surface area contributed by atoms with Gasteiger partial charge < -0.3 is 4.84 Å². The minimum Gasteiger partial charge on any atom is -0.391 e. The minimum atomic E-state index is -4.18. The maximum absolute atomic E-state index is 12.3. The zero-order valence-electron chi connectivity index (χ0n) is 12.9. The van der Waals surface area contributed by atoms with E-state index >= 15 is 0 Å². The van der Waals surface area contributed by atoms with Gasteiger partial charge >= 0.3 is 5.37 Å². The molecule has 7 nitrogen and oxygen atoms in total. The van der Waals surface area contributed by atoms with E-state index in [1.165, 1.54) is 24.3 Å². The fraction of sp³-hybridized carbons (Fsp3) is 0.188. The number of aryl methyl sites for hydroxylation is 1. The normalized spacial score (nSPS) is 12.9. The Labute approximate surface area is 139 Å². The third-order valence-corrected chi connectivity index (χ3v) is 5.07. The Kier molecular flexibility index (Phi) is 5.64. The fourth-order valence-corrected chi connectivity index (χ4v) is 3.14. The molecule has 1 atom stereocenters. The molecule has 0 aliphatic carbocycles. The van der Waals surface area contributed by atoms with E-state index in [0.29, 0.717) is 6.21 Å². The van der Waals surface area contributed by atoms with E-state index in [1.807, 2.05) is 31.2 Å². The second-order valence-electron chi connectivity index (χ2n) is 5.05. The van der Waals surface area contributed by atoms with Crippen molar-refractivity contribution in [2.24, 2.45) is 5.16 Å². The van der Waals surface area contributed by atoms with Crippen LogP contribution in [-0.2, 0) is 21.3 Å². The quantitative estimate of drug-likeness (QED) is 0.435. The molecule has 0 saturated carbocycles. The van der Waals surface area contributed by atoms with Crippen molar-refractivity contribution in [1.82, 2.24) is 0 Å². The van der Waals surface area contributed by atoms with Crippen LogP contribution >= 0.6 is 0 Å². The Balaban J connectivity index is 2.08. The van der Waals surface area contributed by atoms with Gasteiger partial charge in [0.1, 0.15) is 12.8 Å². The lowest BCUT2D eigenvalue weighted by molar-refractivity contribution is -0.478. The predicted molar refractivity (Wildman–Crippen MR) is 88.9 cm³/mol. The van der Waals surface area contributed by atoms with Crippen molar-refractivity contribution >= 4 is 16.1 Å². The lowest BCUT2D eigenvalue weighted by atomic mass is 10.2. The molecule has 0 saturated heterocycles. The summed E-state index contributed by atoms with van der Waals surface area (Å²) in [4.78, 5) is 15.0. The number of hydrogen-bond donors (Lipinski definition) is 0. The maximum Gasteiger partial charge on any atom is 0.352 e. The molecule has 0 bridgehead atoms. The van der Waals surface area contributed by atoms with E-state index in [4.69, 9.17) is 4.84 Å². The molecule has 0 N–H and O–H groups in total. The van der Waals surface area contributed by atoms with Crippen molar-refractivity contribution in [2.45, 2.75) is 23.8 Å². The molecule has 0 aliphatic heterocycles. The van der Waals surface area contributed by atoms with E-state index in [1.54, 1.807) is 6.07 Å². The van der Waals surface area contributed by atoms with Gasteiger partial charge in [-0.1, -0.05) is 53.2 Å². The summed E-state index contributed by atoms with van der Waals surface area (Å²) in [6.07, 6.45) is 0.691. The standard InChI is InChI=1S/C16H16N2O5S/c1-13-7-9-14(10-8-13)12-23-17-11-16(18(19)20)24(21,22)15-5-3-2-4-6-15/h2-11,16H,12H2,1H3/b17-11-/t16-/m0/s1. The molecule has 126 valence electrons. The molecule has 2 rings (SSSR count). The molecule has 0 amide bonds. The number of nitrogens with zero attached hydrogens (tertiary/aromatic N) is 2. The molecule has 2 aromatic carbocycles. The van der Waals surface area contributed by atoms with Crippen LogP contribution in [0.4, 0.5) is 0 Å². The van der Waals surface area contributed by atoms with Crippen LogP contribution in [0.25, 0.3) is 0 Å². The van der Waals surface area contributed by atoms with Gasteiger partial charge in [0, 0.05) is 4.92 Å². The van der Waals surface area contributed by atoms with E-state index < -0.39 is 20.1 Å². The summed E-state index contributed by atoms with van der Waals surface area (Å²) in [5.74, 6) is 0. The van der Waals surface area contributed by atoms with Crippen LogP contribution in [0.2, 0.25) is 0 Å². The number of nitro groups is 1. The van der Waals surface area contributed by atoms with E-state index in [9.17, 15) is 18.5 Å². The highest BCUT2D eigenvalue weighted by Crippen LogP contribution is 2.15. The molecular weight excluding hydrogens is 332 g/mol. The van der Waals surface area contributed by atoms with Crippen LogP contribution < -0.4 is 0 Å². The fourth-order valence-electron chi connectivity index (χ4n) is 1.89. The average Bonchev–Trinajstić information content (AvgIpc) is 2.56. The number of sulfone groups is 1. The zero-order valence-corrected chi connectivity index (χ0v) is 13.7. The van der Waals surface area contributed by atoms with Crippen LogP contribution in [0.15, 0.2) is 64.6 Å². The molecular formula is C16H16N2O5S. The molecule has 24 heavy (non-hydrogen) atoms. The first-order valence-electron chi connectivity index (χ1n) is 7.04. The van der Waals surface area contributed by atoms with Gasteiger partial charge in [0.25, 0.3) is 9.84 Å². The molecule has 0 radical (unpaired) electrons. The summed E-state index contributed by atoms with van der Waals surface area (Å²) in [7, 11) is -4.18. The monoisotopic (exact) mass is 348 g/mol. The molecule has 8 heteroatoms. The zero-order chi connectivity index (χ0) is 17.6. The Hall–Kier alpha value is -2.74. The second-order valence-corrected chi connectivity index (χ2v) is 7.09. The van der Waals surface area contributed by atoms with Gasteiger partial charge in [0.05, 0.1) is 4.90 Å². The Morgan fingerprint density at radius 1 is 1.17 bits per heavy atom. The second kappa shape index (κ2) is 7.69. The summed E-state index contributed by atoms with van der Waals surface area (Å²) >= 11 is 0. The Morgan fingerprint density at radius 2 is 1.79 bits per heavy atom. The average molecular weight is 348 g/mol. The van der Waals surface area contributed by atoms with Gasteiger partial charge in [0.2, 0.25) is 0 Å². The van der Waals surface area contributed by atoms with Crippen molar-refractivity contribution in [3.8, 4) is 0 Å². The maximum atomic E-state index is 12.3. The van der Waals surface area contributed by atoms with Crippen LogP contribution in [0.1, 0.15) is 11.1 Å². The molecule has 0 aliphatic rings. The van der Waals surface area contributed by atoms with Crippen LogP contribution in [-0.4, -0.2) is 24.9 Å². The van der Waals surface area contributed by atoms with Gasteiger partial charge in [-0.05, 0) is 24.6 Å². The van der Waals surface area contributed by atoms with Crippen molar-refractivity contribution in [3.63, 3.8) is 0 Å². The van der Waals surface area contributed by atoms with Crippen molar-refractivity contribution in [2.75, 3.05) is 0 Å². The Morgan fingerprint density at radius 3 is 2.38 bits per heavy atom. The smallest absolute Gasteiger partial charge is 0.352 e. The lowest BCUT2D eigenvalue weighted by Gasteiger charge is -2.06. The van der Waals surface area contributed by atoms with Gasteiger partial charge in [-0.2, -0.15) is 0 Å². The predicted octanol–water partition coefficient (Wildman–Crippen LogP) is 2.57. The van der Waals surface area contributed by atoms with Crippen LogP contribution in [0, 0.1) is 17.0 Å². The lowest BCUT2D eigenvalue weighted by Crippen LogP contribution is -2.31.